The standard InChI is InChI=1S/C13H18BrCl/c1-10(2)13(3,9-15)8-11-6-4-5-7-12(11)14/h4-7,10H,8-9H2,1-3H3. The highest BCUT2D eigenvalue weighted by molar-refractivity contribution is 9.10. The molecule has 0 N–H and O–H groups in total. The maximum atomic E-state index is 6.09. The summed E-state index contributed by atoms with van der Waals surface area (Å²) in [5.41, 5.74) is 1.51. The second-order valence-electron chi connectivity index (χ2n) is 4.71. The summed E-state index contributed by atoms with van der Waals surface area (Å²) in [7, 11) is 0. The number of rotatable bonds is 4. The van der Waals surface area contributed by atoms with Gasteiger partial charge in [-0.1, -0.05) is 54.9 Å². The first-order valence-electron chi connectivity index (χ1n) is 5.29. The smallest absolute Gasteiger partial charge is 0.0282 e. The third kappa shape index (κ3) is 3.22. The van der Waals surface area contributed by atoms with Crippen molar-refractivity contribution in [2.24, 2.45) is 11.3 Å². The van der Waals surface area contributed by atoms with E-state index in [0.29, 0.717) is 11.8 Å². The van der Waals surface area contributed by atoms with Gasteiger partial charge in [-0.15, -0.1) is 11.6 Å². The Labute approximate surface area is 106 Å². The molecule has 2 heteroatoms. The quantitative estimate of drug-likeness (QED) is 0.692. The molecule has 0 bridgehead atoms. The van der Waals surface area contributed by atoms with Crippen molar-refractivity contribution >= 4 is 27.5 Å². The van der Waals surface area contributed by atoms with Crippen LogP contribution >= 0.6 is 27.5 Å². The molecule has 0 aliphatic heterocycles. The number of hydrogen-bond acceptors (Lipinski definition) is 0. The fourth-order valence-electron chi connectivity index (χ4n) is 1.48. The summed E-state index contributed by atoms with van der Waals surface area (Å²) in [4.78, 5) is 0. The summed E-state index contributed by atoms with van der Waals surface area (Å²) < 4.78 is 1.18. The maximum Gasteiger partial charge on any atom is 0.0282 e. The van der Waals surface area contributed by atoms with Gasteiger partial charge in [0, 0.05) is 10.4 Å². The number of halogens is 2. The van der Waals surface area contributed by atoms with Crippen LogP contribution in [-0.4, -0.2) is 5.88 Å². The van der Waals surface area contributed by atoms with E-state index >= 15 is 0 Å². The number of hydrogen-bond donors (Lipinski definition) is 0. The summed E-state index contributed by atoms with van der Waals surface area (Å²) in [5, 5.41) is 0. The minimum atomic E-state index is 0.172. The Morgan fingerprint density at radius 1 is 1.33 bits per heavy atom. The Balaban J connectivity index is 2.89. The van der Waals surface area contributed by atoms with Gasteiger partial charge in [0.1, 0.15) is 0 Å². The van der Waals surface area contributed by atoms with Crippen LogP contribution in [0.2, 0.25) is 0 Å². The molecule has 0 aromatic heterocycles. The average Bonchev–Trinajstić information content (AvgIpc) is 2.21. The molecule has 1 aromatic carbocycles. The van der Waals surface area contributed by atoms with Gasteiger partial charge in [0.05, 0.1) is 0 Å². The van der Waals surface area contributed by atoms with Gasteiger partial charge in [0.15, 0.2) is 0 Å². The van der Waals surface area contributed by atoms with Gasteiger partial charge in [-0.2, -0.15) is 0 Å². The lowest BCUT2D eigenvalue weighted by Gasteiger charge is -2.32. The molecule has 1 unspecified atom stereocenters. The van der Waals surface area contributed by atoms with E-state index in [1.807, 2.05) is 6.07 Å². The van der Waals surface area contributed by atoms with E-state index in [1.54, 1.807) is 0 Å². The van der Waals surface area contributed by atoms with E-state index < -0.39 is 0 Å². The molecule has 0 saturated carbocycles. The van der Waals surface area contributed by atoms with Crippen molar-refractivity contribution < 1.29 is 0 Å². The summed E-state index contributed by atoms with van der Waals surface area (Å²) >= 11 is 9.67. The maximum absolute atomic E-state index is 6.09. The van der Waals surface area contributed by atoms with Crippen molar-refractivity contribution in [2.75, 3.05) is 5.88 Å². The van der Waals surface area contributed by atoms with Crippen molar-refractivity contribution in [3.63, 3.8) is 0 Å². The molecule has 0 aliphatic carbocycles. The lowest BCUT2D eigenvalue weighted by Crippen LogP contribution is -2.28. The highest BCUT2D eigenvalue weighted by Crippen LogP contribution is 2.34. The first-order valence-corrected chi connectivity index (χ1v) is 6.62. The molecular weight excluding hydrogens is 272 g/mol. The fraction of sp³-hybridized carbons (Fsp3) is 0.538. The van der Waals surface area contributed by atoms with Crippen LogP contribution in [0.5, 0.6) is 0 Å². The van der Waals surface area contributed by atoms with Crippen LogP contribution < -0.4 is 0 Å². The Kier molecular flexibility index (Phi) is 4.66. The summed E-state index contributed by atoms with van der Waals surface area (Å²) in [6, 6.07) is 8.37. The SMILES string of the molecule is CC(C)C(C)(CCl)Cc1ccccc1Br. The van der Waals surface area contributed by atoms with Gasteiger partial charge in [0.25, 0.3) is 0 Å². The molecule has 0 fully saturated rings. The van der Waals surface area contributed by atoms with Crippen LogP contribution in [0.3, 0.4) is 0 Å². The average molecular weight is 290 g/mol. The summed E-state index contributed by atoms with van der Waals surface area (Å²) in [6.45, 7) is 6.72. The second kappa shape index (κ2) is 5.36. The Morgan fingerprint density at radius 3 is 2.40 bits per heavy atom. The number of benzene rings is 1. The third-order valence-electron chi connectivity index (χ3n) is 3.25. The van der Waals surface area contributed by atoms with Gasteiger partial charge >= 0.3 is 0 Å². The van der Waals surface area contributed by atoms with Crippen molar-refractivity contribution in [3.8, 4) is 0 Å². The van der Waals surface area contributed by atoms with Crippen LogP contribution in [-0.2, 0) is 6.42 Å². The fourth-order valence-corrected chi connectivity index (χ4v) is 2.31. The molecule has 84 valence electrons. The van der Waals surface area contributed by atoms with E-state index in [-0.39, 0.29) is 5.41 Å². The van der Waals surface area contributed by atoms with E-state index in [2.05, 4.69) is 54.9 Å². The Bertz CT molecular complexity index is 322. The summed E-state index contributed by atoms with van der Waals surface area (Å²) in [6.07, 6.45) is 1.02. The molecule has 0 radical (unpaired) electrons. The van der Waals surface area contributed by atoms with E-state index in [0.717, 1.165) is 6.42 Å². The van der Waals surface area contributed by atoms with E-state index in [1.165, 1.54) is 10.0 Å². The first-order chi connectivity index (χ1) is 6.99. The minimum absolute atomic E-state index is 0.172. The van der Waals surface area contributed by atoms with Gasteiger partial charge in [-0.3, -0.25) is 0 Å². The molecule has 0 saturated heterocycles. The highest BCUT2D eigenvalue weighted by atomic mass is 79.9. The van der Waals surface area contributed by atoms with Gasteiger partial charge in [-0.05, 0) is 29.4 Å². The van der Waals surface area contributed by atoms with Crippen LogP contribution in [0.1, 0.15) is 26.3 Å². The zero-order valence-corrected chi connectivity index (χ0v) is 11.9. The molecule has 1 aromatic rings. The second-order valence-corrected chi connectivity index (χ2v) is 5.83. The van der Waals surface area contributed by atoms with Crippen LogP contribution in [0.4, 0.5) is 0 Å². The zero-order valence-electron chi connectivity index (χ0n) is 9.56. The normalized spacial score (nSPS) is 15.3. The molecule has 0 spiro atoms. The molecule has 0 amide bonds. The van der Waals surface area contributed by atoms with Crippen molar-refractivity contribution in [2.45, 2.75) is 27.2 Å². The predicted octanol–water partition coefficient (Wildman–Crippen LogP) is 4.89. The van der Waals surface area contributed by atoms with E-state index in [4.69, 9.17) is 11.6 Å². The molecule has 15 heavy (non-hydrogen) atoms. The van der Waals surface area contributed by atoms with Crippen LogP contribution in [0, 0.1) is 11.3 Å². The minimum Gasteiger partial charge on any atom is -0.126 e. The third-order valence-corrected chi connectivity index (χ3v) is 4.64. The molecular formula is C13H18BrCl. The van der Waals surface area contributed by atoms with Crippen molar-refractivity contribution in [1.29, 1.82) is 0 Å². The first kappa shape index (κ1) is 13.1. The Hall–Kier alpha value is -0.0100. The van der Waals surface area contributed by atoms with Crippen molar-refractivity contribution in [3.05, 3.63) is 34.3 Å². The molecule has 1 rings (SSSR count). The highest BCUT2D eigenvalue weighted by Gasteiger charge is 2.28. The zero-order chi connectivity index (χ0) is 11.5. The molecule has 1 atom stereocenters. The van der Waals surface area contributed by atoms with Gasteiger partial charge in [0.2, 0.25) is 0 Å². The lowest BCUT2D eigenvalue weighted by molar-refractivity contribution is 0.253. The predicted molar refractivity (Wildman–Crippen MR) is 71.5 cm³/mol. The topological polar surface area (TPSA) is 0 Å². The van der Waals surface area contributed by atoms with Crippen molar-refractivity contribution in [1.82, 2.24) is 0 Å². The van der Waals surface area contributed by atoms with Gasteiger partial charge in [-0.25, -0.2) is 0 Å². The molecule has 0 nitrogen and oxygen atoms in total. The monoisotopic (exact) mass is 288 g/mol. The lowest BCUT2D eigenvalue weighted by atomic mass is 9.76. The van der Waals surface area contributed by atoms with Crippen LogP contribution in [0.25, 0.3) is 0 Å². The molecule has 0 heterocycles. The van der Waals surface area contributed by atoms with Crippen LogP contribution in [0.15, 0.2) is 28.7 Å². The molecule has 0 aliphatic rings. The summed E-state index contributed by atoms with van der Waals surface area (Å²) in [5.74, 6) is 1.29. The van der Waals surface area contributed by atoms with E-state index in [9.17, 15) is 0 Å². The largest absolute Gasteiger partial charge is 0.126 e. The Morgan fingerprint density at radius 2 is 1.93 bits per heavy atom. The van der Waals surface area contributed by atoms with Gasteiger partial charge < -0.3 is 0 Å². The number of alkyl halides is 1.